The molecule has 0 spiro atoms. The van der Waals surface area contributed by atoms with E-state index in [1.54, 1.807) is 5.57 Å². The first-order chi connectivity index (χ1) is 4.20. The molecule has 0 heteroatoms. The van der Waals surface area contributed by atoms with Crippen molar-refractivity contribution in [3.63, 3.8) is 0 Å². The van der Waals surface area contributed by atoms with Crippen molar-refractivity contribution in [3.05, 3.63) is 11.6 Å². The molecule has 0 amide bonds. The lowest BCUT2D eigenvalue weighted by molar-refractivity contribution is 0.597. The van der Waals surface area contributed by atoms with Crippen molar-refractivity contribution in [1.29, 1.82) is 0 Å². The Morgan fingerprint density at radius 3 is 2.44 bits per heavy atom. The molecule has 1 aliphatic rings. The molecule has 0 saturated heterocycles. The van der Waals surface area contributed by atoms with Crippen LogP contribution < -0.4 is 0 Å². The second-order valence-corrected chi connectivity index (χ2v) is 3.48. The van der Waals surface area contributed by atoms with Crippen molar-refractivity contribution >= 4 is 0 Å². The summed E-state index contributed by atoms with van der Waals surface area (Å²) in [5.74, 6) is 1.71. The molecule has 0 N–H and O–H groups in total. The monoisotopic (exact) mass is 124 g/mol. The molecule has 1 unspecified atom stereocenters. The van der Waals surface area contributed by atoms with Crippen LogP contribution in [0.3, 0.4) is 0 Å². The van der Waals surface area contributed by atoms with Gasteiger partial charge in [0.25, 0.3) is 0 Å². The van der Waals surface area contributed by atoms with Crippen molar-refractivity contribution in [2.24, 2.45) is 11.8 Å². The maximum absolute atomic E-state index is 2.41. The minimum absolute atomic E-state index is 0.787. The second-order valence-electron chi connectivity index (χ2n) is 3.48. The molecule has 0 saturated carbocycles. The molecular formula is C9H16. The van der Waals surface area contributed by atoms with Gasteiger partial charge in [0.1, 0.15) is 0 Å². The van der Waals surface area contributed by atoms with E-state index >= 15 is 0 Å². The van der Waals surface area contributed by atoms with Gasteiger partial charge in [-0.15, -0.1) is 0 Å². The molecule has 0 radical (unpaired) electrons. The number of rotatable bonds is 1. The first-order valence-electron chi connectivity index (χ1n) is 3.89. The Hall–Kier alpha value is -0.260. The lowest BCUT2D eigenvalue weighted by Gasteiger charge is -2.06. The van der Waals surface area contributed by atoms with Gasteiger partial charge in [-0.3, -0.25) is 0 Å². The number of hydrogen-bond acceptors (Lipinski definition) is 0. The van der Waals surface area contributed by atoms with E-state index in [2.05, 4.69) is 26.8 Å². The summed E-state index contributed by atoms with van der Waals surface area (Å²) in [6, 6.07) is 0. The average Bonchev–Trinajstić information content (AvgIpc) is 2.14. The summed E-state index contributed by atoms with van der Waals surface area (Å²) in [7, 11) is 0. The minimum Gasteiger partial charge on any atom is -0.0848 e. The maximum Gasteiger partial charge on any atom is -0.0260 e. The van der Waals surface area contributed by atoms with E-state index in [1.165, 1.54) is 12.8 Å². The summed E-state index contributed by atoms with van der Waals surface area (Å²) >= 11 is 0. The highest BCUT2D eigenvalue weighted by Crippen LogP contribution is 2.28. The van der Waals surface area contributed by atoms with Gasteiger partial charge >= 0.3 is 0 Å². The summed E-state index contributed by atoms with van der Waals surface area (Å²) in [5.41, 5.74) is 1.67. The Kier molecular flexibility index (Phi) is 1.94. The van der Waals surface area contributed by atoms with Gasteiger partial charge in [-0.2, -0.15) is 0 Å². The highest BCUT2D eigenvalue weighted by Gasteiger charge is 2.13. The predicted octanol–water partition coefficient (Wildman–Crippen LogP) is 3.00. The molecule has 52 valence electrons. The molecule has 0 bridgehead atoms. The molecule has 0 heterocycles. The van der Waals surface area contributed by atoms with Gasteiger partial charge in [0.2, 0.25) is 0 Å². The van der Waals surface area contributed by atoms with Crippen LogP contribution in [0, 0.1) is 11.8 Å². The molecule has 0 nitrogen and oxygen atoms in total. The van der Waals surface area contributed by atoms with Crippen LogP contribution in [0.2, 0.25) is 0 Å². The molecule has 1 atom stereocenters. The highest BCUT2D eigenvalue weighted by molar-refractivity contribution is 5.11. The van der Waals surface area contributed by atoms with Gasteiger partial charge in [-0.05, 0) is 24.7 Å². The molecule has 0 aliphatic heterocycles. The first kappa shape index (κ1) is 6.85. The lowest BCUT2D eigenvalue weighted by Crippen LogP contribution is -1.92. The molecule has 9 heavy (non-hydrogen) atoms. The molecule has 0 aromatic heterocycles. The van der Waals surface area contributed by atoms with Crippen LogP contribution in [0.15, 0.2) is 11.6 Å². The highest BCUT2D eigenvalue weighted by atomic mass is 14.2. The van der Waals surface area contributed by atoms with E-state index in [0.717, 1.165) is 11.8 Å². The van der Waals surface area contributed by atoms with Crippen molar-refractivity contribution in [1.82, 2.24) is 0 Å². The molecule has 0 aromatic carbocycles. The molecule has 1 aliphatic carbocycles. The zero-order valence-electron chi connectivity index (χ0n) is 6.65. The van der Waals surface area contributed by atoms with Gasteiger partial charge in [-0.1, -0.05) is 32.4 Å². The largest absolute Gasteiger partial charge is 0.0848 e. The fraction of sp³-hybridized carbons (Fsp3) is 0.778. The van der Waals surface area contributed by atoms with Crippen LogP contribution in [0.5, 0.6) is 0 Å². The SMILES string of the molecule is CC1CC=C(C(C)C)C1. The average molecular weight is 124 g/mol. The van der Waals surface area contributed by atoms with Crippen LogP contribution in [0.25, 0.3) is 0 Å². The van der Waals surface area contributed by atoms with Crippen LogP contribution in [0.1, 0.15) is 33.6 Å². The van der Waals surface area contributed by atoms with Crippen molar-refractivity contribution in [2.45, 2.75) is 33.6 Å². The molecule has 0 fully saturated rings. The second kappa shape index (κ2) is 2.55. The smallest absolute Gasteiger partial charge is 0.0260 e. The fourth-order valence-electron chi connectivity index (χ4n) is 1.39. The summed E-state index contributed by atoms with van der Waals surface area (Å²) in [6.07, 6.45) is 5.07. The third-order valence-electron chi connectivity index (χ3n) is 2.11. The Balaban J connectivity index is 2.45. The standard InChI is InChI=1S/C9H16/c1-7(2)9-5-4-8(3)6-9/h5,7-8H,4,6H2,1-3H3. The van der Waals surface area contributed by atoms with E-state index in [1.807, 2.05) is 0 Å². The summed E-state index contributed by atoms with van der Waals surface area (Å²) < 4.78 is 0. The summed E-state index contributed by atoms with van der Waals surface area (Å²) in [4.78, 5) is 0. The number of allylic oxidation sites excluding steroid dienone is 2. The van der Waals surface area contributed by atoms with Crippen molar-refractivity contribution in [2.75, 3.05) is 0 Å². The summed E-state index contributed by atoms with van der Waals surface area (Å²) in [6.45, 7) is 6.89. The Morgan fingerprint density at radius 1 is 1.56 bits per heavy atom. The molecule has 0 aromatic rings. The van der Waals surface area contributed by atoms with E-state index in [9.17, 15) is 0 Å². The van der Waals surface area contributed by atoms with E-state index in [4.69, 9.17) is 0 Å². The first-order valence-corrected chi connectivity index (χ1v) is 3.89. The topological polar surface area (TPSA) is 0 Å². The van der Waals surface area contributed by atoms with Crippen molar-refractivity contribution < 1.29 is 0 Å². The van der Waals surface area contributed by atoms with E-state index in [-0.39, 0.29) is 0 Å². The van der Waals surface area contributed by atoms with Gasteiger partial charge in [0.05, 0.1) is 0 Å². The Bertz CT molecular complexity index is 120. The maximum atomic E-state index is 2.41. The molecular weight excluding hydrogens is 108 g/mol. The van der Waals surface area contributed by atoms with Gasteiger partial charge in [0, 0.05) is 0 Å². The van der Waals surface area contributed by atoms with Gasteiger partial charge in [-0.25, -0.2) is 0 Å². The Morgan fingerprint density at radius 2 is 2.22 bits per heavy atom. The predicted molar refractivity (Wildman–Crippen MR) is 41.3 cm³/mol. The van der Waals surface area contributed by atoms with Gasteiger partial charge < -0.3 is 0 Å². The van der Waals surface area contributed by atoms with E-state index < -0.39 is 0 Å². The number of hydrogen-bond donors (Lipinski definition) is 0. The Labute approximate surface area is 58.0 Å². The molecule has 1 rings (SSSR count). The third kappa shape index (κ3) is 1.57. The third-order valence-corrected chi connectivity index (χ3v) is 2.11. The minimum atomic E-state index is 0.787. The summed E-state index contributed by atoms with van der Waals surface area (Å²) in [5, 5.41) is 0. The van der Waals surface area contributed by atoms with Crippen molar-refractivity contribution in [3.8, 4) is 0 Å². The van der Waals surface area contributed by atoms with Crippen LogP contribution >= 0.6 is 0 Å². The normalized spacial score (nSPS) is 27.1. The fourth-order valence-corrected chi connectivity index (χ4v) is 1.39. The van der Waals surface area contributed by atoms with Crippen LogP contribution in [0.4, 0.5) is 0 Å². The lowest BCUT2D eigenvalue weighted by atomic mass is 10.0. The van der Waals surface area contributed by atoms with Gasteiger partial charge in [0.15, 0.2) is 0 Å². The van der Waals surface area contributed by atoms with Crippen LogP contribution in [-0.2, 0) is 0 Å². The zero-order valence-corrected chi connectivity index (χ0v) is 6.65. The zero-order chi connectivity index (χ0) is 6.85. The van der Waals surface area contributed by atoms with E-state index in [0.29, 0.717) is 0 Å². The quantitative estimate of drug-likeness (QED) is 0.471. The van der Waals surface area contributed by atoms with Crippen LogP contribution in [-0.4, -0.2) is 0 Å².